The van der Waals surface area contributed by atoms with E-state index in [0.29, 0.717) is 31.3 Å². The second kappa shape index (κ2) is 6.67. The van der Waals surface area contributed by atoms with Crippen LogP contribution in [0.2, 0.25) is 0 Å². The van der Waals surface area contributed by atoms with Crippen LogP contribution >= 0.6 is 0 Å². The summed E-state index contributed by atoms with van der Waals surface area (Å²) in [4.78, 5) is 0. The zero-order valence-corrected chi connectivity index (χ0v) is 13.4. The molecule has 1 aliphatic rings. The van der Waals surface area contributed by atoms with E-state index in [1.54, 1.807) is 0 Å². The van der Waals surface area contributed by atoms with Crippen molar-refractivity contribution in [1.29, 1.82) is 0 Å². The summed E-state index contributed by atoms with van der Waals surface area (Å²) in [6.07, 6.45) is 0.121. The predicted octanol–water partition coefficient (Wildman–Crippen LogP) is 3.33. The molecule has 2 rings (SSSR count). The van der Waals surface area contributed by atoms with Gasteiger partial charge in [0.25, 0.3) is 0 Å². The quantitative estimate of drug-likeness (QED) is 0.818. The van der Waals surface area contributed by atoms with Gasteiger partial charge in [0.2, 0.25) is 0 Å². The van der Waals surface area contributed by atoms with Crippen LogP contribution in [-0.2, 0) is 4.74 Å². The van der Waals surface area contributed by atoms with Gasteiger partial charge in [0.1, 0.15) is 23.7 Å². The highest BCUT2D eigenvalue weighted by Gasteiger charge is 2.32. The minimum Gasteiger partial charge on any atom is -0.491 e. The summed E-state index contributed by atoms with van der Waals surface area (Å²) < 4.78 is 17.1. The standard InChI is InChI=1S/C17H26O4/c1-12(2)11-19-7-8-20-13-5-6-14-15(18)10-17(3,4)21-16(14)9-13/h5-6,9,12,15,18H,7-8,10-11H2,1-4H3. The highest BCUT2D eigenvalue weighted by Crippen LogP contribution is 2.40. The van der Waals surface area contributed by atoms with Crippen molar-refractivity contribution in [1.82, 2.24) is 0 Å². The summed E-state index contributed by atoms with van der Waals surface area (Å²) in [6.45, 7) is 10.0. The molecule has 0 aliphatic carbocycles. The van der Waals surface area contributed by atoms with Gasteiger partial charge in [-0.15, -0.1) is 0 Å². The van der Waals surface area contributed by atoms with Gasteiger partial charge in [0.15, 0.2) is 0 Å². The van der Waals surface area contributed by atoms with Crippen LogP contribution in [0.4, 0.5) is 0 Å². The van der Waals surface area contributed by atoms with Crippen molar-refractivity contribution in [2.45, 2.75) is 45.8 Å². The SMILES string of the molecule is CC(C)COCCOc1ccc2c(c1)OC(C)(C)CC2O. The van der Waals surface area contributed by atoms with Gasteiger partial charge >= 0.3 is 0 Å². The van der Waals surface area contributed by atoms with Crippen molar-refractivity contribution in [2.24, 2.45) is 5.92 Å². The highest BCUT2D eigenvalue weighted by molar-refractivity contribution is 5.43. The molecule has 0 spiro atoms. The summed E-state index contributed by atoms with van der Waals surface area (Å²) in [5.41, 5.74) is 0.475. The number of aliphatic hydroxyl groups is 1. The molecule has 1 unspecified atom stereocenters. The first-order valence-corrected chi connectivity index (χ1v) is 7.59. The maximum Gasteiger partial charge on any atom is 0.129 e. The van der Waals surface area contributed by atoms with Crippen LogP contribution in [0.15, 0.2) is 18.2 Å². The van der Waals surface area contributed by atoms with Gasteiger partial charge in [-0.1, -0.05) is 13.8 Å². The monoisotopic (exact) mass is 294 g/mol. The lowest BCUT2D eigenvalue weighted by molar-refractivity contribution is 0.0112. The van der Waals surface area contributed by atoms with Crippen molar-refractivity contribution in [2.75, 3.05) is 19.8 Å². The lowest BCUT2D eigenvalue weighted by atomic mass is 9.92. The Kier molecular flexibility index (Phi) is 5.12. The molecule has 1 aromatic carbocycles. The van der Waals surface area contributed by atoms with Crippen molar-refractivity contribution in [3.8, 4) is 11.5 Å². The maximum absolute atomic E-state index is 10.1. The number of benzene rings is 1. The fourth-order valence-electron chi connectivity index (χ4n) is 2.42. The van der Waals surface area contributed by atoms with Crippen LogP contribution in [-0.4, -0.2) is 30.5 Å². The van der Waals surface area contributed by atoms with Crippen LogP contribution in [0.3, 0.4) is 0 Å². The molecule has 0 saturated carbocycles. The van der Waals surface area contributed by atoms with Crippen LogP contribution in [0, 0.1) is 5.92 Å². The molecule has 1 aromatic rings. The second-order valence-corrected chi connectivity index (χ2v) is 6.60. The first-order chi connectivity index (χ1) is 9.87. The maximum atomic E-state index is 10.1. The largest absolute Gasteiger partial charge is 0.491 e. The van der Waals surface area contributed by atoms with Gasteiger partial charge in [-0.3, -0.25) is 0 Å². The van der Waals surface area contributed by atoms with E-state index in [1.165, 1.54) is 0 Å². The van der Waals surface area contributed by atoms with E-state index in [1.807, 2.05) is 32.0 Å². The molecule has 1 heterocycles. The molecule has 4 heteroatoms. The van der Waals surface area contributed by atoms with E-state index in [4.69, 9.17) is 14.2 Å². The first kappa shape index (κ1) is 16.1. The molecule has 1 atom stereocenters. The summed E-state index contributed by atoms with van der Waals surface area (Å²) in [6, 6.07) is 5.59. The molecule has 1 N–H and O–H groups in total. The molecular weight excluding hydrogens is 268 g/mol. The molecule has 0 radical (unpaired) electrons. The van der Waals surface area contributed by atoms with Crippen molar-refractivity contribution in [3.63, 3.8) is 0 Å². The Morgan fingerprint density at radius 1 is 1.33 bits per heavy atom. The molecule has 0 bridgehead atoms. The minimum atomic E-state index is -0.479. The average Bonchev–Trinajstić information content (AvgIpc) is 2.36. The molecule has 4 nitrogen and oxygen atoms in total. The third-order valence-corrected chi connectivity index (χ3v) is 3.36. The number of aliphatic hydroxyl groups excluding tert-OH is 1. The van der Waals surface area contributed by atoms with Crippen LogP contribution in [0.5, 0.6) is 11.5 Å². The topological polar surface area (TPSA) is 47.9 Å². The third-order valence-electron chi connectivity index (χ3n) is 3.36. The number of fused-ring (bicyclic) bond motifs is 1. The van der Waals surface area contributed by atoms with Crippen LogP contribution < -0.4 is 9.47 Å². The van der Waals surface area contributed by atoms with E-state index in [0.717, 1.165) is 17.9 Å². The van der Waals surface area contributed by atoms with Gasteiger partial charge < -0.3 is 19.3 Å². The lowest BCUT2D eigenvalue weighted by Crippen LogP contribution is -2.34. The second-order valence-electron chi connectivity index (χ2n) is 6.60. The van der Waals surface area contributed by atoms with Crippen molar-refractivity contribution >= 4 is 0 Å². The summed E-state index contributed by atoms with van der Waals surface area (Å²) in [5, 5.41) is 10.1. The molecule has 118 valence electrons. The van der Waals surface area contributed by atoms with Gasteiger partial charge in [-0.05, 0) is 31.9 Å². The van der Waals surface area contributed by atoms with E-state index < -0.39 is 6.10 Å². The van der Waals surface area contributed by atoms with Crippen molar-refractivity contribution < 1.29 is 19.3 Å². The van der Waals surface area contributed by atoms with Crippen LogP contribution in [0.25, 0.3) is 0 Å². The molecule has 0 amide bonds. The summed E-state index contributed by atoms with van der Waals surface area (Å²) in [5.74, 6) is 1.98. The summed E-state index contributed by atoms with van der Waals surface area (Å²) >= 11 is 0. The first-order valence-electron chi connectivity index (χ1n) is 7.59. The Morgan fingerprint density at radius 3 is 2.81 bits per heavy atom. The zero-order valence-electron chi connectivity index (χ0n) is 13.4. The number of hydrogen-bond donors (Lipinski definition) is 1. The van der Waals surface area contributed by atoms with Gasteiger partial charge in [0, 0.05) is 24.7 Å². The minimum absolute atomic E-state index is 0.356. The van der Waals surface area contributed by atoms with E-state index in [-0.39, 0.29) is 5.60 Å². The Bertz CT molecular complexity index is 468. The molecule has 1 aliphatic heterocycles. The highest BCUT2D eigenvalue weighted by atomic mass is 16.5. The van der Waals surface area contributed by atoms with E-state index in [2.05, 4.69) is 13.8 Å². The van der Waals surface area contributed by atoms with E-state index >= 15 is 0 Å². The van der Waals surface area contributed by atoms with Crippen molar-refractivity contribution in [3.05, 3.63) is 23.8 Å². The summed E-state index contributed by atoms with van der Waals surface area (Å²) in [7, 11) is 0. The smallest absolute Gasteiger partial charge is 0.129 e. The predicted molar refractivity (Wildman–Crippen MR) is 81.9 cm³/mol. The van der Waals surface area contributed by atoms with Crippen LogP contribution in [0.1, 0.15) is 45.8 Å². The molecule has 21 heavy (non-hydrogen) atoms. The molecule has 0 aromatic heterocycles. The zero-order chi connectivity index (χ0) is 15.5. The molecule has 0 saturated heterocycles. The normalized spacial score (nSPS) is 20.0. The molecule has 0 fully saturated rings. The molecular formula is C17H26O4. The number of rotatable bonds is 6. The van der Waals surface area contributed by atoms with Gasteiger partial charge in [0.05, 0.1) is 12.7 Å². The fourth-order valence-corrected chi connectivity index (χ4v) is 2.42. The average molecular weight is 294 g/mol. The fraction of sp³-hybridized carbons (Fsp3) is 0.647. The lowest BCUT2D eigenvalue weighted by Gasteiger charge is -2.35. The van der Waals surface area contributed by atoms with Gasteiger partial charge in [-0.2, -0.15) is 0 Å². The Hall–Kier alpha value is -1.26. The Labute approximate surface area is 127 Å². The third kappa shape index (κ3) is 4.61. The Morgan fingerprint density at radius 2 is 2.10 bits per heavy atom. The number of hydrogen-bond acceptors (Lipinski definition) is 4. The van der Waals surface area contributed by atoms with Gasteiger partial charge in [-0.25, -0.2) is 0 Å². The van der Waals surface area contributed by atoms with E-state index in [9.17, 15) is 5.11 Å². The number of ether oxygens (including phenoxy) is 3. The Balaban J connectivity index is 1.91.